The third-order valence-electron chi connectivity index (χ3n) is 13.7. The summed E-state index contributed by atoms with van der Waals surface area (Å²) >= 11 is 6.83. The number of halogens is 2. The highest BCUT2D eigenvalue weighted by molar-refractivity contribution is 9.09. The Bertz CT molecular complexity index is 2410. The average molecular weight is 1200 g/mol. The van der Waals surface area contributed by atoms with Crippen molar-refractivity contribution in [3.05, 3.63) is 65.0 Å². The SMILES string of the molecule is CCC.CCC(C)C(C(CC(=O)N1CCCC1C(OC)C(C)C(=O)NC(CN)Cc1ccc(NC(=O)CNC(=O)CNC(=O)c2ccc3nc(CBr)c(CBr)nc3c2)cc1)OC)N(C)C(=O)CNC(=O)C(C(C)C)N(C)C. The molecule has 2 heterocycles. The zero-order valence-corrected chi connectivity index (χ0v) is 50.3. The monoisotopic (exact) mass is 1200 g/mol. The molecule has 8 unspecified atom stereocenters. The molecule has 77 heavy (non-hydrogen) atoms. The van der Waals surface area contributed by atoms with E-state index in [9.17, 15) is 33.6 Å². The second kappa shape index (κ2) is 33.3. The quantitative estimate of drug-likeness (QED) is 0.0528. The highest BCUT2D eigenvalue weighted by Gasteiger charge is 2.42. The van der Waals surface area contributed by atoms with Crippen molar-refractivity contribution in [2.24, 2.45) is 23.5 Å². The fourth-order valence-corrected chi connectivity index (χ4v) is 10.5. The minimum Gasteiger partial charge on any atom is -0.379 e. The van der Waals surface area contributed by atoms with Crippen LogP contribution in [-0.4, -0.2) is 170 Å². The van der Waals surface area contributed by atoms with Crippen LogP contribution >= 0.6 is 31.9 Å². The van der Waals surface area contributed by atoms with Crippen LogP contribution in [0.2, 0.25) is 0 Å². The van der Waals surface area contributed by atoms with Crippen LogP contribution in [0.25, 0.3) is 11.0 Å². The molecule has 1 aliphatic heterocycles. The van der Waals surface area contributed by atoms with Crippen LogP contribution in [-0.2, 0) is 55.3 Å². The predicted octanol–water partition coefficient (Wildman–Crippen LogP) is 4.93. The third kappa shape index (κ3) is 19.6. The first-order valence-electron chi connectivity index (χ1n) is 26.5. The number of fused-ring (bicyclic) bond motifs is 1. The summed E-state index contributed by atoms with van der Waals surface area (Å²) < 4.78 is 11.9. The van der Waals surface area contributed by atoms with Gasteiger partial charge in [-0.15, -0.1) is 0 Å². The second-order valence-corrected chi connectivity index (χ2v) is 21.3. The van der Waals surface area contributed by atoms with E-state index in [4.69, 9.17) is 15.2 Å². The molecular weight excluding hydrogens is 1120 g/mol. The first-order valence-corrected chi connectivity index (χ1v) is 28.8. The molecule has 1 aliphatic rings. The van der Waals surface area contributed by atoms with Crippen LogP contribution < -0.4 is 32.3 Å². The summed E-state index contributed by atoms with van der Waals surface area (Å²) in [6.07, 6.45) is 2.43. The van der Waals surface area contributed by atoms with Gasteiger partial charge in [0.05, 0.1) is 84.7 Å². The number of carbonyl (C=O) groups is 7. The van der Waals surface area contributed by atoms with Gasteiger partial charge in [-0.05, 0) is 81.1 Å². The second-order valence-electron chi connectivity index (χ2n) is 20.2. The molecule has 8 atom stereocenters. The van der Waals surface area contributed by atoms with Gasteiger partial charge in [0, 0.05) is 62.3 Å². The van der Waals surface area contributed by atoms with Gasteiger partial charge in [-0.25, -0.2) is 9.97 Å². The third-order valence-corrected chi connectivity index (χ3v) is 14.8. The maximum Gasteiger partial charge on any atom is 0.251 e. The van der Waals surface area contributed by atoms with Gasteiger partial charge in [0.1, 0.15) is 0 Å². The van der Waals surface area contributed by atoms with Crippen molar-refractivity contribution >= 4 is 89.9 Å². The smallest absolute Gasteiger partial charge is 0.251 e. The Balaban J connectivity index is 0.00000507. The number of benzene rings is 2. The number of likely N-dealkylation sites (N-methyl/N-ethyl adjacent to an activating group) is 2. The number of amides is 7. The van der Waals surface area contributed by atoms with Gasteiger partial charge in [-0.3, -0.25) is 38.5 Å². The number of hydrogen-bond acceptors (Lipinski definition) is 13. The zero-order chi connectivity index (χ0) is 57.5. The summed E-state index contributed by atoms with van der Waals surface area (Å²) in [4.78, 5) is 107. The highest BCUT2D eigenvalue weighted by atomic mass is 79.9. The Morgan fingerprint density at radius 2 is 1.43 bits per heavy atom. The molecule has 1 fully saturated rings. The van der Waals surface area contributed by atoms with Gasteiger partial charge >= 0.3 is 0 Å². The van der Waals surface area contributed by atoms with Crippen molar-refractivity contribution in [1.82, 2.24) is 45.9 Å². The summed E-state index contributed by atoms with van der Waals surface area (Å²) in [6, 6.07) is 10.3. The highest BCUT2D eigenvalue weighted by Crippen LogP contribution is 2.30. The first-order chi connectivity index (χ1) is 36.6. The van der Waals surface area contributed by atoms with Crippen LogP contribution in [0.4, 0.5) is 5.69 Å². The summed E-state index contributed by atoms with van der Waals surface area (Å²) in [5, 5.41) is 14.7. The molecule has 0 spiro atoms. The number of nitrogens with zero attached hydrogens (tertiary/aromatic N) is 5. The van der Waals surface area contributed by atoms with Crippen LogP contribution in [0.5, 0.6) is 0 Å². The lowest BCUT2D eigenvalue weighted by molar-refractivity contribution is -0.146. The van der Waals surface area contributed by atoms with Crippen molar-refractivity contribution in [3.63, 3.8) is 0 Å². The van der Waals surface area contributed by atoms with E-state index < -0.39 is 54.0 Å². The molecule has 7 amide bonds. The van der Waals surface area contributed by atoms with Crippen molar-refractivity contribution < 1.29 is 43.0 Å². The summed E-state index contributed by atoms with van der Waals surface area (Å²) in [5.74, 6) is -3.13. The summed E-state index contributed by atoms with van der Waals surface area (Å²) in [5.41, 5.74) is 10.5. The zero-order valence-electron chi connectivity index (χ0n) is 47.2. The topological polar surface area (TPSA) is 260 Å². The lowest BCUT2D eigenvalue weighted by atomic mass is 9.90. The number of likely N-dealkylation sites (tertiary alicyclic amines) is 1. The number of anilines is 1. The molecule has 1 aromatic heterocycles. The Labute approximate surface area is 472 Å². The van der Waals surface area contributed by atoms with E-state index in [1.807, 2.05) is 46.7 Å². The van der Waals surface area contributed by atoms with Gasteiger partial charge in [-0.2, -0.15) is 0 Å². The maximum absolute atomic E-state index is 14.2. The van der Waals surface area contributed by atoms with E-state index in [1.165, 1.54) is 20.6 Å². The molecule has 0 saturated carbocycles. The van der Waals surface area contributed by atoms with Gasteiger partial charge in [-0.1, -0.05) is 105 Å². The number of alkyl halides is 2. The maximum atomic E-state index is 14.2. The lowest BCUT2D eigenvalue weighted by Crippen LogP contribution is -2.55. The van der Waals surface area contributed by atoms with Crippen molar-refractivity contribution in [3.8, 4) is 0 Å². The summed E-state index contributed by atoms with van der Waals surface area (Å²) in [6.45, 7) is 13.7. The van der Waals surface area contributed by atoms with Gasteiger partial charge in [0.2, 0.25) is 35.4 Å². The first kappa shape index (κ1) is 66.2. The largest absolute Gasteiger partial charge is 0.379 e. The van der Waals surface area contributed by atoms with E-state index in [1.54, 1.807) is 66.2 Å². The molecule has 3 aromatic rings. The molecule has 22 heteroatoms. The molecule has 2 aromatic carbocycles. The number of hydrogen-bond donors (Lipinski definition) is 6. The average Bonchev–Trinajstić information content (AvgIpc) is 3.90. The fraction of sp³-hybridized carbons (Fsp3) is 0.618. The normalized spacial score (nSPS) is 16.0. The molecule has 0 radical (unpaired) electrons. The standard InChI is InChI=1S/C52H77Br2N11O9.C3H8/c1-11-31(4)48(64(8)46(69)29-58-52(72)47(30(2)3)63(6)7)42(73-9)23-45(68)65-20-12-13-41(65)49(74-10)32(5)50(70)60-36(26-55)21-33-14-17-35(18-15-33)59-44(67)28-56-43(66)27-57-51(71)34-16-19-37-38(22-34)62-40(25-54)39(24-53)61-37;1-3-2/h14-19,22,30-32,36,41-42,47-49H,11-13,20-21,23-29,55H2,1-10H3,(H,56,66)(H,57,71)(H,58,72)(H,59,67)(H,60,70);3H2,1-2H3. The van der Waals surface area contributed by atoms with E-state index in [2.05, 4.69) is 82.3 Å². The molecule has 1 saturated heterocycles. The van der Waals surface area contributed by atoms with Crippen LogP contribution in [0.3, 0.4) is 0 Å². The van der Waals surface area contributed by atoms with Crippen molar-refractivity contribution in [1.29, 1.82) is 0 Å². The number of aromatic nitrogens is 2. The Kier molecular flexibility index (Phi) is 28.6. The Morgan fingerprint density at radius 1 is 0.805 bits per heavy atom. The lowest BCUT2D eigenvalue weighted by Gasteiger charge is -2.39. The minimum absolute atomic E-state index is 0.00280. The van der Waals surface area contributed by atoms with Crippen molar-refractivity contribution in [2.45, 2.75) is 134 Å². The van der Waals surface area contributed by atoms with E-state index in [0.717, 1.165) is 29.8 Å². The molecule has 20 nitrogen and oxygen atoms in total. The number of carbonyl (C=O) groups excluding carboxylic acids is 7. The fourth-order valence-electron chi connectivity index (χ4n) is 9.58. The molecule has 0 aliphatic carbocycles. The number of ether oxygens (including phenoxy) is 2. The summed E-state index contributed by atoms with van der Waals surface area (Å²) in [7, 11) is 8.41. The van der Waals surface area contributed by atoms with E-state index in [0.29, 0.717) is 52.3 Å². The molecule has 4 rings (SSSR count). The number of nitrogens with one attached hydrogen (secondary N) is 5. The van der Waals surface area contributed by atoms with Crippen molar-refractivity contribution in [2.75, 3.05) is 73.4 Å². The van der Waals surface area contributed by atoms with Gasteiger partial charge < -0.3 is 51.6 Å². The number of rotatable bonds is 28. The van der Waals surface area contributed by atoms with Crippen LogP contribution in [0.1, 0.15) is 108 Å². The minimum atomic E-state index is -0.657. The molecular formula is C55H85Br2N11O9. The molecule has 7 N–H and O–H groups in total. The predicted molar refractivity (Wildman–Crippen MR) is 307 cm³/mol. The van der Waals surface area contributed by atoms with E-state index >= 15 is 0 Å². The molecule has 428 valence electrons. The number of nitrogens with two attached hydrogens (primary N) is 1. The van der Waals surface area contributed by atoms with Gasteiger partial charge in [0.25, 0.3) is 5.91 Å². The van der Waals surface area contributed by atoms with Gasteiger partial charge in [0.15, 0.2) is 0 Å². The van der Waals surface area contributed by atoms with E-state index in [-0.39, 0.29) is 74.1 Å². The Hall–Kier alpha value is -5.13. The Morgan fingerprint density at radius 3 is 1.99 bits per heavy atom. The van der Waals surface area contributed by atoms with Crippen LogP contribution in [0.15, 0.2) is 42.5 Å². The number of methoxy groups -OCH3 is 2. The van der Waals surface area contributed by atoms with Crippen LogP contribution in [0, 0.1) is 17.8 Å². The molecule has 0 bridgehead atoms.